The molecule has 4 amide bonds. The number of aryl methyl sites for hydroxylation is 1. The molecule has 1 aromatic carbocycles. The van der Waals surface area contributed by atoms with Crippen LogP contribution in [0.25, 0.3) is 11.3 Å². The van der Waals surface area contributed by atoms with Gasteiger partial charge in [-0.1, -0.05) is 6.07 Å². The minimum absolute atomic E-state index is 0.0939. The first-order valence-corrected chi connectivity index (χ1v) is 15.2. The van der Waals surface area contributed by atoms with Crippen LogP contribution < -0.4 is 10.6 Å². The maximum absolute atomic E-state index is 13.1. The Hall–Kier alpha value is -4.38. The largest absolute Gasteiger partial charge is 0.388 e. The Kier molecular flexibility index (Phi) is 6.01. The Balaban J connectivity index is 0.915. The van der Waals surface area contributed by atoms with Crippen molar-refractivity contribution in [1.82, 2.24) is 25.0 Å². The third-order valence-electron chi connectivity index (χ3n) is 9.64. The molecule has 0 radical (unpaired) electrons. The highest BCUT2D eigenvalue weighted by Gasteiger charge is 2.44. The van der Waals surface area contributed by atoms with E-state index in [1.807, 2.05) is 12.1 Å². The summed E-state index contributed by atoms with van der Waals surface area (Å²) in [4.78, 5) is 55.8. The van der Waals surface area contributed by atoms with Crippen LogP contribution in [0.4, 0.5) is 5.69 Å². The normalized spacial score (nSPS) is 26.3. The molecule has 11 heteroatoms. The average molecular weight is 581 g/mol. The van der Waals surface area contributed by atoms with E-state index in [2.05, 4.69) is 21.5 Å². The molecule has 2 aliphatic heterocycles. The second-order valence-electron chi connectivity index (χ2n) is 12.5. The maximum atomic E-state index is 13.1. The van der Waals surface area contributed by atoms with E-state index in [-0.39, 0.29) is 24.0 Å². The minimum atomic E-state index is -0.969. The van der Waals surface area contributed by atoms with E-state index in [1.54, 1.807) is 18.2 Å². The van der Waals surface area contributed by atoms with E-state index < -0.39 is 35.8 Å². The zero-order valence-corrected chi connectivity index (χ0v) is 23.6. The molecule has 2 saturated carbocycles. The molecule has 1 saturated heterocycles. The number of anilines is 1. The highest BCUT2D eigenvalue weighted by atomic mass is 16.3. The molecule has 2 aromatic heterocycles. The Morgan fingerprint density at radius 2 is 1.74 bits per heavy atom. The lowest BCUT2D eigenvalue weighted by molar-refractivity contribution is -0.136. The number of aromatic nitrogens is 3. The molecule has 3 fully saturated rings. The van der Waals surface area contributed by atoms with Crippen molar-refractivity contribution in [3.63, 3.8) is 0 Å². The van der Waals surface area contributed by atoms with Crippen LogP contribution in [0.15, 0.2) is 36.5 Å². The summed E-state index contributed by atoms with van der Waals surface area (Å²) in [5.74, 6) is -1.07. The molecule has 0 bridgehead atoms. The first-order valence-electron chi connectivity index (χ1n) is 15.2. The van der Waals surface area contributed by atoms with Gasteiger partial charge in [-0.05, 0) is 75.1 Å². The molecule has 220 valence electrons. The van der Waals surface area contributed by atoms with Gasteiger partial charge < -0.3 is 10.4 Å². The predicted molar refractivity (Wildman–Crippen MR) is 154 cm³/mol. The molecule has 2 atom stereocenters. The fourth-order valence-corrected chi connectivity index (χ4v) is 6.97. The maximum Gasteiger partial charge on any atom is 0.262 e. The SMILES string of the molecule is O=C1CCC(N2C(=O)c3ccc(NC[C@H]4C[C@H](n5cc(-c6ccc7c(n6)CCC7O)c(C6CC6)n5)C4)cc3C2=O)C(=O)N1. The highest BCUT2D eigenvalue weighted by Crippen LogP contribution is 2.46. The van der Waals surface area contributed by atoms with Gasteiger partial charge in [0, 0.05) is 47.6 Å². The zero-order valence-electron chi connectivity index (χ0n) is 23.6. The fourth-order valence-electron chi connectivity index (χ4n) is 6.97. The van der Waals surface area contributed by atoms with Gasteiger partial charge in [0.25, 0.3) is 11.8 Å². The number of pyridine rings is 1. The van der Waals surface area contributed by atoms with Crippen molar-refractivity contribution in [1.29, 1.82) is 0 Å². The molecule has 2 unspecified atom stereocenters. The molecule has 0 spiro atoms. The van der Waals surface area contributed by atoms with Gasteiger partial charge in [0.2, 0.25) is 11.8 Å². The number of aliphatic hydroxyl groups is 1. The van der Waals surface area contributed by atoms with Crippen molar-refractivity contribution in [3.8, 4) is 11.3 Å². The van der Waals surface area contributed by atoms with Crippen molar-refractivity contribution in [2.75, 3.05) is 11.9 Å². The van der Waals surface area contributed by atoms with E-state index in [0.29, 0.717) is 17.9 Å². The summed E-state index contributed by atoms with van der Waals surface area (Å²) in [7, 11) is 0. The van der Waals surface area contributed by atoms with Crippen LogP contribution in [0.1, 0.15) is 101 Å². The number of hydrogen-bond acceptors (Lipinski definition) is 8. The van der Waals surface area contributed by atoms with Crippen LogP contribution in [0, 0.1) is 5.92 Å². The number of carbonyl (C=O) groups excluding carboxylic acids is 4. The van der Waals surface area contributed by atoms with Gasteiger partial charge in [-0.2, -0.15) is 5.10 Å². The van der Waals surface area contributed by atoms with Crippen LogP contribution in [-0.2, 0) is 16.0 Å². The first kappa shape index (κ1) is 26.3. The van der Waals surface area contributed by atoms with E-state index in [4.69, 9.17) is 10.1 Å². The molecular weight excluding hydrogens is 548 g/mol. The summed E-state index contributed by atoms with van der Waals surface area (Å²) >= 11 is 0. The molecule has 3 aromatic rings. The van der Waals surface area contributed by atoms with Crippen LogP contribution in [0.3, 0.4) is 0 Å². The number of imide groups is 2. The Morgan fingerprint density at radius 3 is 2.53 bits per heavy atom. The van der Waals surface area contributed by atoms with Crippen LogP contribution in [0.2, 0.25) is 0 Å². The van der Waals surface area contributed by atoms with Crippen LogP contribution in [-0.4, -0.2) is 61.0 Å². The molecule has 3 N–H and O–H groups in total. The summed E-state index contributed by atoms with van der Waals surface area (Å²) in [5, 5.41) is 20.9. The highest BCUT2D eigenvalue weighted by molar-refractivity contribution is 6.23. The fraction of sp³-hybridized carbons (Fsp3) is 0.438. The van der Waals surface area contributed by atoms with Gasteiger partial charge in [-0.15, -0.1) is 0 Å². The molecule has 11 nitrogen and oxygen atoms in total. The van der Waals surface area contributed by atoms with Gasteiger partial charge in [-0.25, -0.2) is 0 Å². The number of nitrogens with one attached hydrogen (secondary N) is 2. The second-order valence-corrected chi connectivity index (χ2v) is 12.5. The van der Waals surface area contributed by atoms with Crippen molar-refractivity contribution < 1.29 is 24.3 Å². The number of fused-ring (bicyclic) bond motifs is 2. The Morgan fingerprint density at radius 1 is 0.930 bits per heavy atom. The first-order chi connectivity index (χ1) is 20.8. The number of nitrogens with zero attached hydrogens (tertiary/aromatic N) is 4. The summed E-state index contributed by atoms with van der Waals surface area (Å²) in [6.45, 7) is 0.729. The average Bonchev–Trinajstić information content (AvgIpc) is 3.55. The van der Waals surface area contributed by atoms with E-state index in [9.17, 15) is 24.3 Å². The number of amides is 4. The van der Waals surface area contributed by atoms with Crippen LogP contribution >= 0.6 is 0 Å². The topological polar surface area (TPSA) is 147 Å². The monoisotopic (exact) mass is 580 g/mol. The van der Waals surface area contributed by atoms with Crippen molar-refractivity contribution in [3.05, 3.63) is 64.6 Å². The minimum Gasteiger partial charge on any atom is -0.388 e. The number of piperidine rings is 1. The molecule has 3 aliphatic carbocycles. The lowest BCUT2D eigenvalue weighted by atomic mass is 9.80. The summed E-state index contributed by atoms with van der Waals surface area (Å²) in [5.41, 5.74) is 6.43. The van der Waals surface area contributed by atoms with E-state index >= 15 is 0 Å². The Bertz CT molecular complexity index is 1700. The molecule has 8 rings (SSSR count). The summed E-state index contributed by atoms with van der Waals surface area (Å²) < 4.78 is 2.12. The summed E-state index contributed by atoms with van der Waals surface area (Å²) in [6.07, 6.45) is 7.79. The standard InChI is InChI=1S/C32H32N6O5/c39-27-9-7-24-21(27)5-6-25(34-24)23-15-37(36-29(23)17-1-2-17)19-11-16(12-19)14-33-18-3-4-20-22(13-18)32(43)38(31(20)42)26-8-10-28(40)35-30(26)41/h3-6,13,15-17,19,26-27,33,39H,1-2,7-12,14H2,(H,35,40,41)/t16-,19-,26?,27?. The molecule has 43 heavy (non-hydrogen) atoms. The third kappa shape index (κ3) is 4.45. The molecular formula is C32H32N6O5. The number of hydrogen-bond donors (Lipinski definition) is 3. The van der Waals surface area contributed by atoms with Gasteiger partial charge in [0.1, 0.15) is 6.04 Å². The number of rotatable bonds is 7. The smallest absolute Gasteiger partial charge is 0.262 e. The molecule has 4 heterocycles. The lowest BCUT2D eigenvalue weighted by Gasteiger charge is -2.35. The van der Waals surface area contributed by atoms with Gasteiger partial charge >= 0.3 is 0 Å². The number of carbonyl (C=O) groups is 4. The third-order valence-corrected chi connectivity index (χ3v) is 9.64. The van der Waals surface area contributed by atoms with Crippen molar-refractivity contribution in [2.24, 2.45) is 5.92 Å². The number of aliphatic hydroxyl groups excluding tert-OH is 1. The summed E-state index contributed by atoms with van der Waals surface area (Å²) in [6, 6.07) is 8.49. The quantitative estimate of drug-likeness (QED) is 0.361. The van der Waals surface area contributed by atoms with E-state index in [0.717, 1.165) is 83.9 Å². The molecule has 5 aliphatic rings. The Labute approximate surface area is 247 Å². The number of benzene rings is 1. The van der Waals surface area contributed by atoms with Crippen LogP contribution in [0.5, 0.6) is 0 Å². The van der Waals surface area contributed by atoms with E-state index in [1.165, 1.54) is 0 Å². The van der Waals surface area contributed by atoms with Gasteiger partial charge in [-0.3, -0.25) is 39.1 Å². The predicted octanol–water partition coefficient (Wildman–Crippen LogP) is 3.27. The zero-order chi connectivity index (χ0) is 29.4. The van der Waals surface area contributed by atoms with Gasteiger partial charge in [0.05, 0.1) is 34.7 Å². The second kappa shape index (κ2) is 9.84. The lowest BCUT2D eigenvalue weighted by Crippen LogP contribution is -2.54. The van der Waals surface area contributed by atoms with Crippen molar-refractivity contribution in [2.45, 2.75) is 75.5 Å². The van der Waals surface area contributed by atoms with Crippen molar-refractivity contribution >= 4 is 29.3 Å². The van der Waals surface area contributed by atoms with Gasteiger partial charge in [0.15, 0.2) is 0 Å².